The summed E-state index contributed by atoms with van der Waals surface area (Å²) >= 11 is 0. The summed E-state index contributed by atoms with van der Waals surface area (Å²) in [7, 11) is 1.42. The Hall–Kier alpha value is -4.13. The van der Waals surface area contributed by atoms with Crippen molar-refractivity contribution in [3.05, 3.63) is 75.8 Å². The van der Waals surface area contributed by atoms with Gasteiger partial charge in [-0.2, -0.15) is 0 Å². The number of hydrogen-bond acceptors (Lipinski definition) is 4. The SMILES string of the molecule is COc1cc(C)c(-c2ccc3oc4c5ccc(F)cc5[nH]c(=O)c4c3c2)cc1C(=O)O. The molecule has 0 radical (unpaired) electrons. The van der Waals surface area contributed by atoms with Crippen LogP contribution >= 0.6 is 0 Å². The van der Waals surface area contributed by atoms with Crippen molar-refractivity contribution >= 4 is 38.8 Å². The largest absolute Gasteiger partial charge is 0.496 e. The number of aromatic amines is 1. The summed E-state index contributed by atoms with van der Waals surface area (Å²) in [5.41, 5.74) is 3.16. The highest BCUT2D eigenvalue weighted by atomic mass is 19.1. The number of aryl methyl sites for hydroxylation is 1. The first kappa shape index (κ1) is 18.9. The molecule has 0 unspecified atom stereocenters. The lowest BCUT2D eigenvalue weighted by Crippen LogP contribution is -2.05. The summed E-state index contributed by atoms with van der Waals surface area (Å²) in [5, 5.41) is 11.1. The van der Waals surface area contributed by atoms with Crippen LogP contribution in [0.2, 0.25) is 0 Å². The molecule has 0 aliphatic heterocycles. The van der Waals surface area contributed by atoms with Crippen molar-refractivity contribution in [3.8, 4) is 16.9 Å². The second kappa shape index (κ2) is 6.70. The molecular formula is C24H16FNO5. The number of H-pyrrole nitrogens is 1. The van der Waals surface area contributed by atoms with Gasteiger partial charge in [0.05, 0.1) is 18.0 Å². The number of ether oxygens (including phenoxy) is 1. The Morgan fingerprint density at radius 1 is 1.10 bits per heavy atom. The monoisotopic (exact) mass is 417 g/mol. The molecule has 0 saturated carbocycles. The van der Waals surface area contributed by atoms with E-state index in [1.165, 1.54) is 19.2 Å². The number of methoxy groups -OCH3 is 1. The van der Waals surface area contributed by atoms with E-state index in [4.69, 9.17) is 9.15 Å². The van der Waals surface area contributed by atoms with Crippen molar-refractivity contribution in [2.75, 3.05) is 7.11 Å². The van der Waals surface area contributed by atoms with E-state index in [2.05, 4.69) is 4.98 Å². The summed E-state index contributed by atoms with van der Waals surface area (Å²) in [6.45, 7) is 1.86. The van der Waals surface area contributed by atoms with Crippen LogP contribution in [0.5, 0.6) is 5.75 Å². The van der Waals surface area contributed by atoms with Gasteiger partial charge in [0.2, 0.25) is 0 Å². The molecule has 31 heavy (non-hydrogen) atoms. The zero-order valence-corrected chi connectivity index (χ0v) is 16.6. The fourth-order valence-corrected chi connectivity index (χ4v) is 4.01. The van der Waals surface area contributed by atoms with Gasteiger partial charge in [-0.3, -0.25) is 4.79 Å². The summed E-state index contributed by atoms with van der Waals surface area (Å²) in [6, 6.07) is 12.7. The molecule has 154 valence electrons. The van der Waals surface area contributed by atoms with Gasteiger partial charge in [-0.15, -0.1) is 0 Å². The maximum absolute atomic E-state index is 13.6. The second-order valence-electron chi connectivity index (χ2n) is 7.33. The van der Waals surface area contributed by atoms with E-state index in [-0.39, 0.29) is 16.9 Å². The topological polar surface area (TPSA) is 92.5 Å². The minimum absolute atomic E-state index is 0.0473. The van der Waals surface area contributed by atoms with Gasteiger partial charge in [0.25, 0.3) is 5.56 Å². The highest BCUT2D eigenvalue weighted by Gasteiger charge is 2.18. The number of fused-ring (bicyclic) bond motifs is 5. The fraction of sp³-hybridized carbons (Fsp3) is 0.0833. The predicted octanol–water partition coefficient (Wildman–Crippen LogP) is 5.25. The number of carboxylic acid groups (broad SMARTS) is 1. The van der Waals surface area contributed by atoms with Gasteiger partial charge in [-0.25, -0.2) is 9.18 Å². The Morgan fingerprint density at radius 3 is 2.65 bits per heavy atom. The van der Waals surface area contributed by atoms with Crippen LogP contribution < -0.4 is 10.3 Å². The second-order valence-corrected chi connectivity index (χ2v) is 7.33. The quantitative estimate of drug-likeness (QED) is 0.418. The zero-order valence-electron chi connectivity index (χ0n) is 16.6. The van der Waals surface area contributed by atoms with Crippen molar-refractivity contribution in [2.45, 2.75) is 6.92 Å². The lowest BCUT2D eigenvalue weighted by molar-refractivity contribution is 0.0693. The maximum atomic E-state index is 13.6. The molecule has 0 aliphatic rings. The standard InChI is InChI=1S/C24H16FNO5/c1-11-7-20(30-2)17(24(28)29)10-15(11)12-3-6-19-16(8-12)21-22(31-19)14-5-4-13(25)9-18(14)26-23(21)27/h3-10H,1-2H3,(H,26,27)(H,28,29). The van der Waals surface area contributed by atoms with Crippen molar-refractivity contribution in [2.24, 2.45) is 0 Å². The number of nitrogens with one attached hydrogen (secondary N) is 1. The number of furan rings is 1. The molecule has 6 nitrogen and oxygen atoms in total. The average Bonchev–Trinajstić information content (AvgIpc) is 3.12. The van der Waals surface area contributed by atoms with Crippen LogP contribution in [0.1, 0.15) is 15.9 Å². The van der Waals surface area contributed by atoms with Crippen LogP contribution in [0.4, 0.5) is 4.39 Å². The van der Waals surface area contributed by atoms with E-state index in [1.54, 1.807) is 36.4 Å². The van der Waals surface area contributed by atoms with Gasteiger partial charge in [0.1, 0.15) is 28.3 Å². The van der Waals surface area contributed by atoms with Crippen LogP contribution in [0.15, 0.2) is 57.7 Å². The van der Waals surface area contributed by atoms with Gasteiger partial charge >= 0.3 is 5.97 Å². The Balaban J connectivity index is 1.81. The van der Waals surface area contributed by atoms with E-state index in [0.29, 0.717) is 38.4 Å². The third-order valence-electron chi connectivity index (χ3n) is 5.48. The molecule has 5 aromatic rings. The lowest BCUT2D eigenvalue weighted by atomic mass is 9.96. The Morgan fingerprint density at radius 2 is 1.90 bits per heavy atom. The van der Waals surface area contributed by atoms with Crippen molar-refractivity contribution in [1.82, 2.24) is 4.98 Å². The molecule has 2 aromatic heterocycles. The Labute approximate surface area is 174 Å². The van der Waals surface area contributed by atoms with E-state index in [0.717, 1.165) is 11.1 Å². The molecule has 0 atom stereocenters. The molecule has 0 spiro atoms. The summed E-state index contributed by atoms with van der Waals surface area (Å²) < 4.78 is 24.7. The van der Waals surface area contributed by atoms with Crippen LogP contribution in [0, 0.1) is 12.7 Å². The highest BCUT2D eigenvalue weighted by Crippen LogP contribution is 2.36. The maximum Gasteiger partial charge on any atom is 0.339 e. The molecule has 2 N–H and O–H groups in total. The van der Waals surface area contributed by atoms with Gasteiger partial charge in [-0.05, 0) is 66.1 Å². The average molecular weight is 417 g/mol. The number of aromatic nitrogens is 1. The minimum Gasteiger partial charge on any atom is -0.496 e. The Kier molecular flexibility index (Phi) is 4.08. The van der Waals surface area contributed by atoms with Crippen LogP contribution in [0.25, 0.3) is 44.0 Å². The van der Waals surface area contributed by atoms with Crippen LogP contribution in [0.3, 0.4) is 0 Å². The normalized spacial score (nSPS) is 11.5. The van der Waals surface area contributed by atoms with Gasteiger partial charge in [-0.1, -0.05) is 6.07 Å². The number of pyridine rings is 1. The van der Waals surface area contributed by atoms with Crippen LogP contribution in [-0.4, -0.2) is 23.2 Å². The first-order valence-corrected chi connectivity index (χ1v) is 9.47. The van der Waals surface area contributed by atoms with Gasteiger partial charge in [0, 0.05) is 10.8 Å². The molecule has 0 bridgehead atoms. The molecule has 0 amide bonds. The van der Waals surface area contributed by atoms with Gasteiger partial charge < -0.3 is 19.2 Å². The molecule has 0 aliphatic carbocycles. The Bertz CT molecular complexity index is 1600. The first-order valence-electron chi connectivity index (χ1n) is 9.47. The van der Waals surface area contributed by atoms with Gasteiger partial charge in [0.15, 0.2) is 0 Å². The lowest BCUT2D eigenvalue weighted by Gasteiger charge is -2.12. The van der Waals surface area contributed by atoms with Crippen molar-refractivity contribution in [1.29, 1.82) is 0 Å². The number of halogens is 1. The molecule has 2 heterocycles. The molecule has 5 rings (SSSR count). The first-order chi connectivity index (χ1) is 14.9. The zero-order chi connectivity index (χ0) is 21.9. The number of rotatable bonds is 3. The third kappa shape index (κ3) is 2.85. The molecular weight excluding hydrogens is 401 g/mol. The highest BCUT2D eigenvalue weighted by molar-refractivity contribution is 6.14. The third-order valence-corrected chi connectivity index (χ3v) is 5.48. The molecule has 0 saturated heterocycles. The number of aromatic carboxylic acids is 1. The smallest absolute Gasteiger partial charge is 0.339 e. The van der Waals surface area contributed by atoms with E-state index in [1.807, 2.05) is 6.92 Å². The van der Waals surface area contributed by atoms with E-state index < -0.39 is 11.8 Å². The number of carboxylic acids is 1. The van der Waals surface area contributed by atoms with Crippen molar-refractivity contribution < 1.29 is 23.4 Å². The van der Waals surface area contributed by atoms with Crippen LogP contribution in [-0.2, 0) is 0 Å². The van der Waals surface area contributed by atoms with E-state index >= 15 is 0 Å². The number of hydrogen-bond donors (Lipinski definition) is 2. The molecule has 7 heteroatoms. The molecule has 3 aromatic carbocycles. The summed E-state index contributed by atoms with van der Waals surface area (Å²) in [6.07, 6.45) is 0. The van der Waals surface area contributed by atoms with E-state index in [9.17, 15) is 19.1 Å². The summed E-state index contributed by atoms with van der Waals surface area (Å²) in [4.78, 5) is 27.1. The molecule has 0 fully saturated rings. The number of benzene rings is 3. The number of carbonyl (C=O) groups is 1. The minimum atomic E-state index is -1.09. The fourth-order valence-electron chi connectivity index (χ4n) is 4.01. The summed E-state index contributed by atoms with van der Waals surface area (Å²) in [5.74, 6) is -1.27. The predicted molar refractivity (Wildman–Crippen MR) is 115 cm³/mol. The van der Waals surface area contributed by atoms with Crippen molar-refractivity contribution in [3.63, 3.8) is 0 Å².